The minimum atomic E-state index is -3.48. The Morgan fingerprint density at radius 1 is 1.09 bits per heavy atom. The maximum absolute atomic E-state index is 12.6. The van der Waals surface area contributed by atoms with E-state index in [1.165, 1.54) is 20.9 Å². The number of benzene rings is 2. The topological polar surface area (TPSA) is 74.2 Å². The highest BCUT2D eigenvalue weighted by molar-refractivity contribution is 7.89. The van der Waals surface area contributed by atoms with Gasteiger partial charge in [0.05, 0.1) is 22.5 Å². The van der Waals surface area contributed by atoms with Crippen LogP contribution in [0, 0.1) is 0 Å². The zero-order valence-electron chi connectivity index (χ0n) is 20.2. The van der Waals surface area contributed by atoms with Gasteiger partial charge in [-0.1, -0.05) is 25.1 Å². The third kappa shape index (κ3) is 4.26. The van der Waals surface area contributed by atoms with Crippen LogP contribution in [0.4, 0.5) is 0 Å². The molecular formula is C26H33N5O2S. The number of aromatic amines is 1. The number of imidazole rings is 1. The molecule has 8 heteroatoms. The van der Waals surface area contributed by atoms with E-state index in [1.54, 1.807) is 26.2 Å². The second-order valence-electron chi connectivity index (χ2n) is 9.48. The molecule has 1 saturated heterocycles. The van der Waals surface area contributed by atoms with Crippen LogP contribution in [-0.2, 0) is 23.1 Å². The van der Waals surface area contributed by atoms with Crippen molar-refractivity contribution in [1.82, 2.24) is 23.7 Å². The van der Waals surface area contributed by atoms with Crippen LogP contribution < -0.4 is 0 Å². The molecule has 0 saturated carbocycles. The fourth-order valence-corrected chi connectivity index (χ4v) is 5.96. The van der Waals surface area contributed by atoms with Crippen LogP contribution in [0.2, 0.25) is 0 Å². The number of aromatic nitrogens is 3. The number of nitrogens with one attached hydrogen (secondary N) is 1. The summed E-state index contributed by atoms with van der Waals surface area (Å²) in [6, 6.07) is 16.1. The van der Waals surface area contributed by atoms with E-state index in [2.05, 4.69) is 51.7 Å². The molecule has 0 unspecified atom stereocenters. The predicted octanol–water partition coefficient (Wildman–Crippen LogP) is 4.56. The van der Waals surface area contributed by atoms with Gasteiger partial charge in [0.15, 0.2) is 0 Å². The molecule has 34 heavy (non-hydrogen) atoms. The molecule has 1 aliphatic heterocycles. The van der Waals surface area contributed by atoms with Gasteiger partial charge in [-0.15, -0.1) is 0 Å². The monoisotopic (exact) mass is 479 g/mol. The summed E-state index contributed by atoms with van der Waals surface area (Å²) in [6.07, 6.45) is 3.23. The van der Waals surface area contributed by atoms with Gasteiger partial charge in [0.2, 0.25) is 10.0 Å². The van der Waals surface area contributed by atoms with Crippen molar-refractivity contribution in [2.45, 2.75) is 50.1 Å². The van der Waals surface area contributed by atoms with Gasteiger partial charge >= 0.3 is 0 Å². The molecule has 1 fully saturated rings. The van der Waals surface area contributed by atoms with Gasteiger partial charge in [0, 0.05) is 37.8 Å². The van der Waals surface area contributed by atoms with Crippen LogP contribution in [0.3, 0.4) is 0 Å². The van der Waals surface area contributed by atoms with Crippen LogP contribution in [0.1, 0.15) is 43.6 Å². The maximum Gasteiger partial charge on any atom is 0.242 e. The zero-order valence-corrected chi connectivity index (χ0v) is 21.0. The molecule has 4 aromatic rings. The Morgan fingerprint density at radius 2 is 1.85 bits per heavy atom. The number of hydrogen-bond donors (Lipinski definition) is 1. The van der Waals surface area contributed by atoms with Crippen LogP contribution in [-0.4, -0.2) is 59.3 Å². The summed E-state index contributed by atoms with van der Waals surface area (Å²) in [5, 5.41) is 1.28. The number of piperidine rings is 1. The molecule has 0 amide bonds. The summed E-state index contributed by atoms with van der Waals surface area (Å²) in [6.45, 7) is 5.86. The first kappa shape index (κ1) is 23.1. The second kappa shape index (κ2) is 9.17. The first-order valence-corrected chi connectivity index (χ1v) is 13.5. The summed E-state index contributed by atoms with van der Waals surface area (Å²) in [5.41, 5.74) is 4.31. The smallest absolute Gasteiger partial charge is 0.242 e. The lowest BCUT2D eigenvalue weighted by atomic mass is 9.93. The van der Waals surface area contributed by atoms with Gasteiger partial charge in [-0.25, -0.2) is 17.7 Å². The average Bonchev–Trinajstić information content (AvgIpc) is 3.41. The zero-order chi connectivity index (χ0) is 23.9. The van der Waals surface area contributed by atoms with Gasteiger partial charge in [-0.2, -0.15) is 0 Å². The van der Waals surface area contributed by atoms with E-state index in [1.807, 2.05) is 6.07 Å². The molecule has 1 aliphatic rings. The van der Waals surface area contributed by atoms with Crippen LogP contribution >= 0.6 is 0 Å². The molecule has 2 aromatic carbocycles. The second-order valence-corrected chi connectivity index (χ2v) is 11.6. The molecule has 0 bridgehead atoms. The minimum absolute atomic E-state index is 0.289. The molecular weight excluding hydrogens is 446 g/mol. The number of aryl methyl sites for hydroxylation is 1. The third-order valence-corrected chi connectivity index (χ3v) is 8.78. The summed E-state index contributed by atoms with van der Waals surface area (Å²) in [7, 11) is -0.372. The Hall–Kier alpha value is -2.68. The highest BCUT2D eigenvalue weighted by Crippen LogP contribution is 2.31. The van der Waals surface area contributed by atoms with Crippen molar-refractivity contribution in [2.24, 2.45) is 0 Å². The van der Waals surface area contributed by atoms with E-state index in [0.717, 1.165) is 62.3 Å². The Labute approximate surface area is 201 Å². The first-order chi connectivity index (χ1) is 16.4. The SMILES string of the molecule is CCCn1c(CN2CCC(c3cc4ccccc4[nH]3)CC2)nc2cc(S(=O)(=O)N(C)C)ccc21. The fourth-order valence-electron chi connectivity index (χ4n) is 5.04. The van der Waals surface area contributed by atoms with Crippen molar-refractivity contribution in [3.05, 3.63) is 60.0 Å². The van der Waals surface area contributed by atoms with Gasteiger partial charge in [-0.05, 0) is 68.1 Å². The number of hydrogen-bond acceptors (Lipinski definition) is 4. The van der Waals surface area contributed by atoms with E-state index in [9.17, 15) is 8.42 Å². The number of nitrogens with zero attached hydrogens (tertiary/aromatic N) is 4. The molecule has 7 nitrogen and oxygen atoms in total. The lowest BCUT2D eigenvalue weighted by molar-refractivity contribution is 0.197. The molecule has 2 aromatic heterocycles. The number of para-hydroxylation sites is 1. The first-order valence-electron chi connectivity index (χ1n) is 12.1. The van der Waals surface area contributed by atoms with Gasteiger partial charge in [0.1, 0.15) is 5.82 Å². The number of rotatable bonds is 7. The molecule has 0 spiro atoms. The van der Waals surface area contributed by atoms with Crippen LogP contribution in [0.5, 0.6) is 0 Å². The van der Waals surface area contributed by atoms with Crippen molar-refractivity contribution in [3.63, 3.8) is 0 Å². The van der Waals surface area contributed by atoms with E-state index < -0.39 is 10.0 Å². The van der Waals surface area contributed by atoms with Gasteiger partial charge in [-0.3, -0.25) is 4.90 Å². The summed E-state index contributed by atoms with van der Waals surface area (Å²) < 4.78 is 28.7. The van der Waals surface area contributed by atoms with E-state index in [4.69, 9.17) is 4.98 Å². The van der Waals surface area contributed by atoms with Crippen molar-refractivity contribution in [1.29, 1.82) is 0 Å². The van der Waals surface area contributed by atoms with Crippen LogP contribution in [0.15, 0.2) is 53.4 Å². The fraction of sp³-hybridized carbons (Fsp3) is 0.423. The molecule has 5 rings (SSSR count). The summed E-state index contributed by atoms with van der Waals surface area (Å²) >= 11 is 0. The molecule has 1 N–H and O–H groups in total. The van der Waals surface area contributed by atoms with E-state index in [-0.39, 0.29) is 4.90 Å². The highest BCUT2D eigenvalue weighted by atomic mass is 32.2. The molecule has 0 atom stereocenters. The Morgan fingerprint density at radius 3 is 2.56 bits per heavy atom. The number of fused-ring (bicyclic) bond motifs is 2. The summed E-state index contributed by atoms with van der Waals surface area (Å²) in [5.74, 6) is 1.57. The molecule has 3 heterocycles. The predicted molar refractivity (Wildman–Crippen MR) is 136 cm³/mol. The number of likely N-dealkylation sites (tertiary alicyclic amines) is 1. The molecule has 180 valence electrons. The summed E-state index contributed by atoms with van der Waals surface area (Å²) in [4.78, 5) is 11.3. The van der Waals surface area contributed by atoms with Crippen molar-refractivity contribution < 1.29 is 8.42 Å². The molecule has 0 aliphatic carbocycles. The largest absolute Gasteiger partial charge is 0.358 e. The minimum Gasteiger partial charge on any atom is -0.358 e. The Kier molecular flexibility index (Phi) is 6.22. The van der Waals surface area contributed by atoms with Crippen molar-refractivity contribution in [3.8, 4) is 0 Å². The normalized spacial score (nSPS) is 16.2. The Balaban J connectivity index is 1.34. The van der Waals surface area contributed by atoms with Gasteiger partial charge in [0.25, 0.3) is 0 Å². The van der Waals surface area contributed by atoms with E-state index in [0.29, 0.717) is 5.92 Å². The van der Waals surface area contributed by atoms with Crippen molar-refractivity contribution >= 4 is 32.0 Å². The lowest BCUT2D eigenvalue weighted by Gasteiger charge is -2.31. The standard InChI is InChI=1S/C26H33N5O2S/c1-4-13-31-25-10-9-21(34(32,33)29(2)3)17-24(25)28-26(31)18-30-14-11-19(12-15-30)23-16-20-7-5-6-8-22(20)27-23/h5-10,16-17,19,27H,4,11-15,18H2,1-3H3. The number of sulfonamides is 1. The number of H-pyrrole nitrogens is 1. The van der Waals surface area contributed by atoms with Crippen molar-refractivity contribution in [2.75, 3.05) is 27.2 Å². The maximum atomic E-state index is 12.6. The molecule has 0 radical (unpaired) electrons. The highest BCUT2D eigenvalue weighted by Gasteiger charge is 2.24. The van der Waals surface area contributed by atoms with Crippen LogP contribution in [0.25, 0.3) is 21.9 Å². The van der Waals surface area contributed by atoms with E-state index >= 15 is 0 Å². The quantitative estimate of drug-likeness (QED) is 0.422. The third-order valence-electron chi connectivity index (χ3n) is 6.97. The average molecular weight is 480 g/mol. The van der Waals surface area contributed by atoms with Gasteiger partial charge < -0.3 is 9.55 Å². The Bertz CT molecular complexity index is 1380. The lowest BCUT2D eigenvalue weighted by Crippen LogP contribution is -2.33.